The third kappa shape index (κ3) is 5.26. The van der Waals surface area contributed by atoms with Crippen LogP contribution in [0.3, 0.4) is 0 Å². The van der Waals surface area contributed by atoms with Crippen molar-refractivity contribution >= 4 is 39.2 Å². The van der Waals surface area contributed by atoms with E-state index in [1.165, 1.54) is 11.3 Å². The summed E-state index contributed by atoms with van der Waals surface area (Å²) in [5, 5.41) is 0. The molecule has 1 aliphatic rings. The van der Waals surface area contributed by atoms with E-state index in [0.717, 1.165) is 15.6 Å². The molecule has 0 N–H and O–H groups in total. The van der Waals surface area contributed by atoms with E-state index >= 15 is 0 Å². The van der Waals surface area contributed by atoms with Crippen molar-refractivity contribution in [3.05, 3.63) is 102 Å². The van der Waals surface area contributed by atoms with Gasteiger partial charge in [0.1, 0.15) is 24.1 Å². The maximum absolute atomic E-state index is 14.0. The number of fused-ring (bicyclic) bond motifs is 1. The van der Waals surface area contributed by atoms with Crippen molar-refractivity contribution in [3.63, 3.8) is 0 Å². The molecule has 38 heavy (non-hydrogen) atoms. The number of para-hydroxylation sites is 1. The molecule has 0 saturated heterocycles. The van der Waals surface area contributed by atoms with Crippen LogP contribution in [0.5, 0.6) is 11.5 Å². The van der Waals surface area contributed by atoms with Gasteiger partial charge < -0.3 is 14.4 Å². The maximum atomic E-state index is 14.0. The fourth-order valence-electron chi connectivity index (χ4n) is 4.52. The molecule has 1 amide bonds. The van der Waals surface area contributed by atoms with E-state index in [1.54, 1.807) is 28.7 Å². The number of methoxy groups -OCH3 is 1. The van der Waals surface area contributed by atoms with Gasteiger partial charge in [-0.15, -0.1) is 0 Å². The van der Waals surface area contributed by atoms with E-state index in [4.69, 9.17) is 14.5 Å². The van der Waals surface area contributed by atoms with Gasteiger partial charge >= 0.3 is 0 Å². The molecule has 0 saturated carbocycles. The summed E-state index contributed by atoms with van der Waals surface area (Å²) in [5.74, 6) is 1.08. The second-order valence-corrected chi connectivity index (χ2v) is 10.5. The number of thiazole rings is 1. The molecule has 7 nitrogen and oxygen atoms in total. The van der Waals surface area contributed by atoms with E-state index in [9.17, 15) is 9.59 Å². The number of hydrogen-bond acceptors (Lipinski definition) is 6. The van der Waals surface area contributed by atoms with Crippen molar-refractivity contribution in [2.75, 3.05) is 26.8 Å². The van der Waals surface area contributed by atoms with Gasteiger partial charge in [-0.3, -0.25) is 14.2 Å². The molecule has 3 aromatic rings. The summed E-state index contributed by atoms with van der Waals surface area (Å²) in [5.41, 5.74) is 2.29. The average Bonchev–Trinajstić information content (AvgIpc) is 3.22. The molecule has 9 heteroatoms. The lowest BCUT2D eigenvalue weighted by atomic mass is 9.94. The Morgan fingerprint density at radius 2 is 1.95 bits per heavy atom. The van der Waals surface area contributed by atoms with Crippen LogP contribution in [0.2, 0.25) is 0 Å². The van der Waals surface area contributed by atoms with E-state index in [2.05, 4.69) is 22.5 Å². The third-order valence-electron chi connectivity index (χ3n) is 6.35. The lowest BCUT2D eigenvalue weighted by Gasteiger charge is -2.29. The Morgan fingerprint density at radius 1 is 1.21 bits per heavy atom. The van der Waals surface area contributed by atoms with Crippen LogP contribution in [0.15, 0.2) is 80.6 Å². The summed E-state index contributed by atoms with van der Waals surface area (Å²) in [6.07, 6.45) is 3.47. The van der Waals surface area contributed by atoms with Crippen molar-refractivity contribution in [1.29, 1.82) is 0 Å². The van der Waals surface area contributed by atoms with E-state index < -0.39 is 6.04 Å². The van der Waals surface area contributed by atoms with Gasteiger partial charge in [-0.25, -0.2) is 4.99 Å². The fraction of sp³-hybridized carbons (Fsp3) is 0.276. The third-order valence-corrected chi connectivity index (χ3v) is 7.83. The first kappa shape index (κ1) is 27.6. The minimum Gasteiger partial charge on any atom is -0.496 e. The summed E-state index contributed by atoms with van der Waals surface area (Å²) in [6, 6.07) is 12.4. The zero-order valence-electron chi connectivity index (χ0n) is 21.9. The van der Waals surface area contributed by atoms with E-state index in [0.29, 0.717) is 51.8 Å². The lowest BCUT2D eigenvalue weighted by molar-refractivity contribution is -0.127. The molecule has 1 aliphatic heterocycles. The van der Waals surface area contributed by atoms with Crippen molar-refractivity contribution < 1.29 is 14.3 Å². The number of aromatic nitrogens is 1. The summed E-state index contributed by atoms with van der Waals surface area (Å²) >= 11 is 4.79. The van der Waals surface area contributed by atoms with Crippen LogP contribution in [0.4, 0.5) is 0 Å². The predicted molar refractivity (Wildman–Crippen MR) is 155 cm³/mol. The highest BCUT2D eigenvalue weighted by molar-refractivity contribution is 9.10. The number of benzene rings is 2. The maximum Gasteiger partial charge on any atom is 0.271 e. The number of likely N-dealkylation sites (N-methyl/N-ethyl adjacent to an activating group) is 1. The number of amides is 1. The zero-order chi connectivity index (χ0) is 27.4. The number of halogens is 1. The highest BCUT2D eigenvalue weighted by atomic mass is 79.9. The van der Waals surface area contributed by atoms with Gasteiger partial charge in [0.05, 0.1) is 22.9 Å². The highest BCUT2D eigenvalue weighted by Crippen LogP contribution is 2.36. The van der Waals surface area contributed by atoms with Crippen LogP contribution in [0.1, 0.15) is 37.9 Å². The molecule has 1 atom stereocenters. The second-order valence-electron chi connectivity index (χ2n) is 8.58. The Hall–Kier alpha value is -3.43. The Bertz CT molecular complexity index is 1580. The van der Waals surface area contributed by atoms with Gasteiger partial charge in [-0.1, -0.05) is 58.1 Å². The normalized spacial score (nSPS) is 15.1. The molecule has 198 valence electrons. The number of rotatable bonds is 9. The Kier molecular flexibility index (Phi) is 8.69. The Morgan fingerprint density at radius 3 is 2.63 bits per heavy atom. The van der Waals surface area contributed by atoms with Crippen LogP contribution >= 0.6 is 27.3 Å². The number of hydrogen-bond donors (Lipinski definition) is 0. The summed E-state index contributed by atoms with van der Waals surface area (Å²) in [6.45, 7) is 10.9. The van der Waals surface area contributed by atoms with Gasteiger partial charge in [0, 0.05) is 28.7 Å². The van der Waals surface area contributed by atoms with Gasteiger partial charge in [0.15, 0.2) is 4.80 Å². The standard InChI is InChI=1S/C29H30BrN3O4S/c1-6-15-37-22-14-13-20(30)16-19(22)17-24-27(34)33-26(21-11-9-10-12-23(21)36-5)25(18(4)31-29(33)38-24)28(35)32(7-2)8-3/h6,9-14,16-17,26H,1,7-8,15H2,2-5H3/b24-17+/t26-/m1/s1. The molecular weight excluding hydrogens is 566 g/mol. The van der Waals surface area contributed by atoms with Gasteiger partial charge in [0.2, 0.25) is 0 Å². The van der Waals surface area contributed by atoms with Gasteiger partial charge in [0.25, 0.3) is 11.5 Å². The Labute approximate surface area is 234 Å². The number of nitrogens with zero attached hydrogens (tertiary/aromatic N) is 3. The summed E-state index contributed by atoms with van der Waals surface area (Å²) in [4.78, 5) is 34.8. The minimum atomic E-state index is -0.684. The summed E-state index contributed by atoms with van der Waals surface area (Å²) < 4.78 is 14.4. The van der Waals surface area contributed by atoms with Crippen molar-refractivity contribution in [2.24, 2.45) is 4.99 Å². The van der Waals surface area contributed by atoms with Crippen LogP contribution in [-0.4, -0.2) is 42.2 Å². The van der Waals surface area contributed by atoms with Crippen molar-refractivity contribution in [1.82, 2.24) is 9.47 Å². The van der Waals surface area contributed by atoms with E-state index in [1.807, 2.05) is 63.2 Å². The van der Waals surface area contributed by atoms with Crippen LogP contribution < -0.4 is 24.4 Å². The highest BCUT2D eigenvalue weighted by Gasteiger charge is 2.35. The molecule has 0 unspecified atom stereocenters. The number of carbonyl (C=O) groups excluding carboxylic acids is 1. The molecule has 2 aromatic carbocycles. The number of ether oxygens (including phenoxy) is 2. The molecule has 1 aromatic heterocycles. The van der Waals surface area contributed by atoms with Crippen molar-refractivity contribution in [2.45, 2.75) is 26.8 Å². The molecule has 0 bridgehead atoms. The quantitative estimate of drug-likeness (QED) is 0.343. The van der Waals surface area contributed by atoms with Crippen LogP contribution in [0.25, 0.3) is 6.08 Å². The smallest absolute Gasteiger partial charge is 0.271 e. The largest absolute Gasteiger partial charge is 0.496 e. The molecular formula is C29H30BrN3O4S. The second kappa shape index (κ2) is 12.0. The van der Waals surface area contributed by atoms with Crippen LogP contribution in [0, 0.1) is 0 Å². The van der Waals surface area contributed by atoms with Gasteiger partial charge in [-0.05, 0) is 51.1 Å². The topological polar surface area (TPSA) is 73.1 Å². The summed E-state index contributed by atoms with van der Waals surface area (Å²) in [7, 11) is 1.59. The predicted octanol–water partition coefficient (Wildman–Crippen LogP) is 4.44. The van der Waals surface area contributed by atoms with Crippen LogP contribution in [-0.2, 0) is 4.79 Å². The molecule has 0 fully saturated rings. The number of allylic oxidation sites excluding steroid dienone is 1. The van der Waals surface area contributed by atoms with Crippen molar-refractivity contribution in [3.8, 4) is 11.5 Å². The number of carbonyl (C=O) groups is 1. The van der Waals surface area contributed by atoms with Gasteiger partial charge in [-0.2, -0.15) is 0 Å². The molecule has 2 heterocycles. The van der Waals surface area contributed by atoms with E-state index in [-0.39, 0.29) is 11.5 Å². The Balaban J connectivity index is 1.99. The first-order chi connectivity index (χ1) is 18.3. The SMILES string of the molecule is C=CCOc1ccc(Br)cc1/C=c1/sc2n(c1=O)[C@H](c1ccccc1OC)C(C(=O)N(CC)CC)=C(C)N=2. The lowest BCUT2D eigenvalue weighted by Crippen LogP contribution is -2.43. The molecule has 4 rings (SSSR count). The molecule has 0 spiro atoms. The molecule has 0 aliphatic carbocycles. The first-order valence-corrected chi connectivity index (χ1v) is 13.9. The monoisotopic (exact) mass is 595 g/mol. The molecule has 0 radical (unpaired) electrons. The zero-order valence-corrected chi connectivity index (χ0v) is 24.3. The minimum absolute atomic E-state index is 0.145. The fourth-order valence-corrected chi connectivity index (χ4v) is 5.93. The average molecular weight is 597 g/mol. The first-order valence-electron chi connectivity index (χ1n) is 12.3.